The Morgan fingerprint density at radius 1 is 1.32 bits per heavy atom. The highest BCUT2D eigenvalue weighted by Gasteiger charge is 2.15. The van der Waals surface area contributed by atoms with Crippen LogP contribution >= 0.6 is 0 Å². The normalized spacial score (nSPS) is 16.1. The monoisotopic (exact) mass is 261 g/mol. The SMILES string of the molecule is Cc1ccc(CN)cc1NC(=O)NC1CCCCC1. The topological polar surface area (TPSA) is 67.1 Å². The van der Waals surface area contributed by atoms with Crippen molar-refractivity contribution in [1.82, 2.24) is 5.32 Å². The van der Waals surface area contributed by atoms with Crippen LogP contribution in [0, 0.1) is 6.92 Å². The van der Waals surface area contributed by atoms with Gasteiger partial charge in [-0.15, -0.1) is 0 Å². The van der Waals surface area contributed by atoms with Crippen molar-refractivity contribution in [3.63, 3.8) is 0 Å². The molecule has 2 amide bonds. The summed E-state index contributed by atoms with van der Waals surface area (Å²) in [5.74, 6) is 0. The molecule has 1 aliphatic rings. The minimum Gasteiger partial charge on any atom is -0.335 e. The summed E-state index contributed by atoms with van der Waals surface area (Å²) < 4.78 is 0. The predicted octanol–water partition coefficient (Wildman–Crippen LogP) is 2.91. The van der Waals surface area contributed by atoms with Gasteiger partial charge in [-0.3, -0.25) is 0 Å². The number of amides is 2. The molecule has 19 heavy (non-hydrogen) atoms. The molecule has 1 aromatic rings. The third kappa shape index (κ3) is 3.96. The predicted molar refractivity (Wildman–Crippen MR) is 78.1 cm³/mol. The molecule has 4 heteroatoms. The molecule has 0 spiro atoms. The molecule has 2 rings (SSSR count). The van der Waals surface area contributed by atoms with Gasteiger partial charge in [-0.05, 0) is 37.0 Å². The molecule has 0 unspecified atom stereocenters. The average molecular weight is 261 g/mol. The Hall–Kier alpha value is -1.55. The van der Waals surface area contributed by atoms with Gasteiger partial charge in [0.1, 0.15) is 0 Å². The van der Waals surface area contributed by atoms with Gasteiger partial charge in [-0.1, -0.05) is 31.4 Å². The number of hydrogen-bond donors (Lipinski definition) is 3. The Morgan fingerprint density at radius 3 is 2.74 bits per heavy atom. The third-order valence-corrected chi connectivity index (χ3v) is 3.73. The summed E-state index contributed by atoms with van der Waals surface area (Å²) in [5, 5.41) is 5.98. The van der Waals surface area contributed by atoms with Gasteiger partial charge in [0.25, 0.3) is 0 Å². The Bertz CT molecular complexity index is 439. The van der Waals surface area contributed by atoms with E-state index in [4.69, 9.17) is 5.73 Å². The summed E-state index contributed by atoms with van der Waals surface area (Å²) in [6.45, 7) is 2.47. The second kappa shape index (κ2) is 6.57. The first kappa shape index (κ1) is 13.9. The summed E-state index contributed by atoms with van der Waals surface area (Å²) in [7, 11) is 0. The number of benzene rings is 1. The lowest BCUT2D eigenvalue weighted by Gasteiger charge is -2.23. The van der Waals surface area contributed by atoms with E-state index in [1.165, 1.54) is 19.3 Å². The second-order valence-corrected chi connectivity index (χ2v) is 5.29. The highest BCUT2D eigenvalue weighted by molar-refractivity contribution is 5.90. The Labute approximate surface area is 114 Å². The molecule has 1 aliphatic carbocycles. The Balaban J connectivity index is 1.94. The van der Waals surface area contributed by atoms with Gasteiger partial charge < -0.3 is 16.4 Å². The number of urea groups is 1. The van der Waals surface area contributed by atoms with Crippen molar-refractivity contribution in [2.24, 2.45) is 5.73 Å². The van der Waals surface area contributed by atoms with Gasteiger partial charge in [0, 0.05) is 18.3 Å². The van der Waals surface area contributed by atoms with Crippen LogP contribution in [0.3, 0.4) is 0 Å². The molecule has 0 aromatic heterocycles. The standard InChI is InChI=1S/C15H23N3O/c1-11-7-8-12(10-16)9-14(11)18-15(19)17-13-5-3-2-4-6-13/h7-9,13H,2-6,10,16H2,1H3,(H2,17,18,19). The second-order valence-electron chi connectivity index (χ2n) is 5.29. The van der Waals surface area contributed by atoms with Crippen molar-refractivity contribution in [1.29, 1.82) is 0 Å². The molecule has 1 aromatic carbocycles. The number of aryl methyl sites for hydroxylation is 1. The maximum atomic E-state index is 12.0. The number of nitrogens with two attached hydrogens (primary N) is 1. The molecule has 0 heterocycles. The fourth-order valence-electron chi connectivity index (χ4n) is 2.52. The lowest BCUT2D eigenvalue weighted by Crippen LogP contribution is -2.39. The fraction of sp³-hybridized carbons (Fsp3) is 0.533. The molecule has 1 fully saturated rings. The minimum absolute atomic E-state index is 0.107. The van der Waals surface area contributed by atoms with E-state index in [0.717, 1.165) is 29.7 Å². The zero-order valence-electron chi connectivity index (χ0n) is 11.5. The van der Waals surface area contributed by atoms with Gasteiger partial charge in [-0.2, -0.15) is 0 Å². The molecular weight excluding hydrogens is 238 g/mol. The molecule has 0 radical (unpaired) electrons. The van der Waals surface area contributed by atoms with E-state index >= 15 is 0 Å². The zero-order chi connectivity index (χ0) is 13.7. The molecule has 104 valence electrons. The highest BCUT2D eigenvalue weighted by atomic mass is 16.2. The van der Waals surface area contributed by atoms with Gasteiger partial charge in [0.15, 0.2) is 0 Å². The Kier molecular flexibility index (Phi) is 4.80. The van der Waals surface area contributed by atoms with E-state index in [0.29, 0.717) is 12.6 Å². The maximum absolute atomic E-state index is 12.0. The quantitative estimate of drug-likeness (QED) is 0.783. The number of nitrogens with one attached hydrogen (secondary N) is 2. The highest BCUT2D eigenvalue weighted by Crippen LogP contribution is 2.19. The first-order valence-electron chi connectivity index (χ1n) is 7.06. The van der Waals surface area contributed by atoms with Gasteiger partial charge in [-0.25, -0.2) is 4.79 Å². The first-order valence-corrected chi connectivity index (χ1v) is 7.06. The van der Waals surface area contributed by atoms with Gasteiger partial charge in [0.2, 0.25) is 0 Å². The van der Waals surface area contributed by atoms with Crippen LogP contribution in [0.5, 0.6) is 0 Å². The molecule has 0 saturated heterocycles. The third-order valence-electron chi connectivity index (χ3n) is 3.73. The van der Waals surface area contributed by atoms with Crippen molar-refractivity contribution >= 4 is 11.7 Å². The van der Waals surface area contributed by atoms with Crippen LogP contribution in [0.4, 0.5) is 10.5 Å². The summed E-state index contributed by atoms with van der Waals surface area (Å²) in [6.07, 6.45) is 5.90. The summed E-state index contributed by atoms with van der Waals surface area (Å²) >= 11 is 0. The largest absolute Gasteiger partial charge is 0.335 e. The first-order chi connectivity index (χ1) is 9.19. The van der Waals surface area contributed by atoms with Crippen LogP contribution in [-0.4, -0.2) is 12.1 Å². The van der Waals surface area contributed by atoms with Crippen molar-refractivity contribution in [3.05, 3.63) is 29.3 Å². The molecule has 0 bridgehead atoms. The Morgan fingerprint density at radius 2 is 2.05 bits per heavy atom. The molecule has 0 atom stereocenters. The molecular formula is C15H23N3O. The summed E-state index contributed by atoms with van der Waals surface area (Å²) in [6, 6.07) is 6.13. The number of rotatable bonds is 3. The van der Waals surface area contributed by atoms with Crippen LogP contribution in [0.15, 0.2) is 18.2 Å². The van der Waals surface area contributed by atoms with E-state index in [9.17, 15) is 4.79 Å². The van der Waals surface area contributed by atoms with Crippen molar-refractivity contribution < 1.29 is 4.79 Å². The van der Waals surface area contributed by atoms with E-state index < -0.39 is 0 Å². The van der Waals surface area contributed by atoms with Crippen LogP contribution in [0.1, 0.15) is 43.2 Å². The maximum Gasteiger partial charge on any atom is 0.319 e. The molecule has 1 saturated carbocycles. The molecule has 0 aliphatic heterocycles. The fourth-order valence-corrected chi connectivity index (χ4v) is 2.52. The lowest BCUT2D eigenvalue weighted by atomic mass is 9.96. The smallest absolute Gasteiger partial charge is 0.319 e. The van der Waals surface area contributed by atoms with E-state index in [2.05, 4.69) is 10.6 Å². The van der Waals surface area contributed by atoms with Crippen molar-refractivity contribution in [2.45, 2.75) is 51.6 Å². The molecule has 4 nitrogen and oxygen atoms in total. The van der Waals surface area contributed by atoms with Crippen molar-refractivity contribution in [3.8, 4) is 0 Å². The summed E-state index contributed by atoms with van der Waals surface area (Å²) in [4.78, 5) is 12.0. The zero-order valence-corrected chi connectivity index (χ0v) is 11.5. The van der Waals surface area contributed by atoms with E-state index in [-0.39, 0.29) is 6.03 Å². The van der Waals surface area contributed by atoms with Crippen LogP contribution in [0.25, 0.3) is 0 Å². The van der Waals surface area contributed by atoms with Crippen LogP contribution < -0.4 is 16.4 Å². The molecule has 4 N–H and O–H groups in total. The van der Waals surface area contributed by atoms with E-state index in [1.807, 2.05) is 25.1 Å². The number of carbonyl (C=O) groups excluding carboxylic acids is 1. The minimum atomic E-state index is -0.107. The number of anilines is 1. The van der Waals surface area contributed by atoms with Gasteiger partial charge in [0.05, 0.1) is 0 Å². The van der Waals surface area contributed by atoms with Gasteiger partial charge >= 0.3 is 6.03 Å². The van der Waals surface area contributed by atoms with Crippen LogP contribution in [-0.2, 0) is 6.54 Å². The summed E-state index contributed by atoms with van der Waals surface area (Å²) in [5.41, 5.74) is 8.54. The van der Waals surface area contributed by atoms with Crippen LogP contribution in [0.2, 0.25) is 0 Å². The number of hydrogen-bond acceptors (Lipinski definition) is 2. The van der Waals surface area contributed by atoms with Crippen molar-refractivity contribution in [2.75, 3.05) is 5.32 Å². The average Bonchev–Trinajstić information content (AvgIpc) is 2.42. The van der Waals surface area contributed by atoms with E-state index in [1.54, 1.807) is 0 Å². The number of carbonyl (C=O) groups is 1. The lowest BCUT2D eigenvalue weighted by molar-refractivity contribution is 0.244.